The lowest BCUT2D eigenvalue weighted by Gasteiger charge is -2.04. The van der Waals surface area contributed by atoms with Crippen LogP contribution in [0.1, 0.15) is 0 Å². The van der Waals surface area contributed by atoms with Crippen molar-refractivity contribution in [2.75, 3.05) is 0 Å². The molecule has 0 radical (unpaired) electrons. The minimum absolute atomic E-state index is 0.161. The zero-order valence-corrected chi connectivity index (χ0v) is 11.3. The SMILES string of the molecule is Clc1[nH]c2c(Cl)c(Cl)c(Cl)c(Cl)c2c1Cl. The first-order valence-electron chi connectivity index (χ1n) is 3.63. The highest BCUT2D eigenvalue weighted by molar-refractivity contribution is 6.57. The van der Waals surface area contributed by atoms with E-state index in [-0.39, 0.29) is 30.3 Å². The van der Waals surface area contributed by atoms with E-state index in [1.807, 2.05) is 0 Å². The Labute approximate surface area is 115 Å². The molecule has 80 valence electrons. The fraction of sp³-hybridized carbons (Fsp3) is 0. The van der Waals surface area contributed by atoms with Crippen molar-refractivity contribution >= 4 is 80.5 Å². The molecular weight excluding hydrogens is 323 g/mol. The maximum atomic E-state index is 5.98. The molecule has 1 aromatic heterocycles. The quantitative estimate of drug-likeness (QED) is 0.446. The largest absolute Gasteiger partial charge is 0.343 e. The summed E-state index contributed by atoms with van der Waals surface area (Å²) in [6.45, 7) is 0. The van der Waals surface area contributed by atoms with Crippen molar-refractivity contribution in [2.24, 2.45) is 0 Å². The van der Waals surface area contributed by atoms with E-state index in [1.165, 1.54) is 0 Å². The average Bonchev–Trinajstić information content (AvgIpc) is 2.50. The smallest absolute Gasteiger partial charge is 0.126 e. The molecule has 1 nitrogen and oxygen atoms in total. The number of nitrogens with one attached hydrogen (secondary N) is 1. The first-order chi connectivity index (χ1) is 6.95. The van der Waals surface area contributed by atoms with Gasteiger partial charge in [-0.1, -0.05) is 69.6 Å². The second-order valence-electron chi connectivity index (χ2n) is 2.76. The van der Waals surface area contributed by atoms with Crippen molar-refractivity contribution in [1.82, 2.24) is 4.98 Å². The van der Waals surface area contributed by atoms with Crippen LogP contribution in [0.3, 0.4) is 0 Å². The number of rotatable bonds is 0. The maximum absolute atomic E-state index is 5.98. The van der Waals surface area contributed by atoms with Crippen LogP contribution in [0.15, 0.2) is 0 Å². The van der Waals surface area contributed by atoms with Crippen molar-refractivity contribution in [3.63, 3.8) is 0 Å². The molecule has 0 aliphatic rings. The van der Waals surface area contributed by atoms with Crippen LogP contribution in [-0.2, 0) is 0 Å². The molecule has 0 fully saturated rings. The van der Waals surface area contributed by atoms with Gasteiger partial charge in [0.1, 0.15) is 5.15 Å². The van der Waals surface area contributed by atoms with Gasteiger partial charge in [-0.25, -0.2) is 0 Å². The number of hydrogen-bond donors (Lipinski definition) is 1. The number of aromatic amines is 1. The molecule has 7 heteroatoms. The Bertz CT molecular complexity index is 558. The molecule has 2 rings (SSSR count). The molecule has 0 bridgehead atoms. The van der Waals surface area contributed by atoms with E-state index in [2.05, 4.69) is 4.98 Å². The predicted octanol–water partition coefficient (Wildman–Crippen LogP) is 6.09. The van der Waals surface area contributed by atoms with Crippen LogP contribution >= 0.6 is 69.6 Å². The third kappa shape index (κ3) is 1.70. The Hall–Kier alpha value is 0.500. The molecule has 2 aromatic rings. The minimum Gasteiger partial charge on any atom is -0.343 e. The lowest BCUT2D eigenvalue weighted by Crippen LogP contribution is -1.78. The van der Waals surface area contributed by atoms with Gasteiger partial charge < -0.3 is 4.98 Å². The topological polar surface area (TPSA) is 15.8 Å². The second kappa shape index (κ2) is 4.06. The highest BCUT2D eigenvalue weighted by atomic mass is 35.5. The molecule has 0 saturated carbocycles. The monoisotopic (exact) mass is 321 g/mol. The second-order valence-corrected chi connectivity index (χ2v) is 5.03. The molecule has 1 heterocycles. The number of H-pyrrole nitrogens is 1. The molecular formula is C8HCl6N. The zero-order chi connectivity index (χ0) is 11.3. The Morgan fingerprint density at radius 3 is 1.73 bits per heavy atom. The highest BCUT2D eigenvalue weighted by Gasteiger charge is 2.20. The molecule has 0 aliphatic heterocycles. The van der Waals surface area contributed by atoms with Gasteiger partial charge >= 0.3 is 0 Å². The molecule has 0 aliphatic carbocycles. The lowest BCUT2D eigenvalue weighted by atomic mass is 10.2. The van der Waals surface area contributed by atoms with Crippen LogP contribution in [0, 0.1) is 0 Å². The van der Waals surface area contributed by atoms with Crippen molar-refractivity contribution < 1.29 is 0 Å². The Morgan fingerprint density at radius 1 is 0.600 bits per heavy atom. The normalized spacial score (nSPS) is 11.3. The van der Waals surface area contributed by atoms with Crippen molar-refractivity contribution in [2.45, 2.75) is 0 Å². The summed E-state index contributed by atoms with van der Waals surface area (Å²) < 4.78 is 0. The predicted molar refractivity (Wildman–Crippen MR) is 68.4 cm³/mol. The van der Waals surface area contributed by atoms with E-state index in [1.54, 1.807) is 0 Å². The number of benzene rings is 1. The first-order valence-corrected chi connectivity index (χ1v) is 5.90. The third-order valence-electron chi connectivity index (χ3n) is 1.91. The van der Waals surface area contributed by atoms with E-state index in [0.717, 1.165) is 0 Å². The van der Waals surface area contributed by atoms with Gasteiger partial charge in [-0.15, -0.1) is 0 Å². The summed E-state index contributed by atoms with van der Waals surface area (Å²) in [5.74, 6) is 0. The minimum atomic E-state index is 0.161. The van der Waals surface area contributed by atoms with E-state index < -0.39 is 0 Å². The molecule has 0 saturated heterocycles. The molecule has 0 amide bonds. The van der Waals surface area contributed by atoms with Crippen molar-refractivity contribution in [3.8, 4) is 0 Å². The van der Waals surface area contributed by atoms with Gasteiger partial charge in [-0.05, 0) is 0 Å². The van der Waals surface area contributed by atoms with Gasteiger partial charge in [0.25, 0.3) is 0 Å². The van der Waals surface area contributed by atoms with Gasteiger partial charge in [-0.3, -0.25) is 0 Å². The van der Waals surface area contributed by atoms with Crippen LogP contribution in [0.25, 0.3) is 10.9 Å². The summed E-state index contributed by atoms with van der Waals surface area (Å²) in [5, 5.41) is 1.80. The first kappa shape index (κ1) is 12.0. The van der Waals surface area contributed by atoms with Gasteiger partial charge in [0.15, 0.2) is 0 Å². The van der Waals surface area contributed by atoms with Crippen molar-refractivity contribution in [1.29, 1.82) is 0 Å². The summed E-state index contributed by atoms with van der Waals surface area (Å²) in [4.78, 5) is 2.78. The van der Waals surface area contributed by atoms with Crippen LogP contribution in [0.5, 0.6) is 0 Å². The fourth-order valence-corrected chi connectivity index (χ4v) is 2.70. The average molecular weight is 324 g/mol. The Balaban J connectivity index is 3.07. The molecule has 0 atom stereocenters. The Morgan fingerprint density at radius 2 is 1.13 bits per heavy atom. The molecule has 1 N–H and O–H groups in total. The lowest BCUT2D eigenvalue weighted by molar-refractivity contribution is 1.47. The van der Waals surface area contributed by atoms with Crippen LogP contribution in [-0.4, -0.2) is 4.98 Å². The summed E-state index contributed by atoms with van der Waals surface area (Å²) in [7, 11) is 0. The van der Waals surface area contributed by atoms with E-state index >= 15 is 0 Å². The number of hydrogen-bond acceptors (Lipinski definition) is 0. The van der Waals surface area contributed by atoms with Crippen LogP contribution < -0.4 is 0 Å². The maximum Gasteiger partial charge on any atom is 0.126 e. The van der Waals surface area contributed by atoms with Crippen molar-refractivity contribution in [3.05, 3.63) is 30.3 Å². The fourth-order valence-electron chi connectivity index (χ4n) is 1.23. The Kier molecular flexibility index (Phi) is 3.24. The highest BCUT2D eigenvalue weighted by Crippen LogP contribution is 2.46. The summed E-state index contributed by atoms with van der Waals surface area (Å²) in [5.41, 5.74) is 0.478. The van der Waals surface area contributed by atoms with Crippen LogP contribution in [0.4, 0.5) is 0 Å². The van der Waals surface area contributed by atoms with Gasteiger partial charge in [0.05, 0.1) is 30.6 Å². The summed E-state index contributed by atoms with van der Waals surface area (Å²) >= 11 is 35.4. The third-order valence-corrected chi connectivity index (χ3v) is 4.47. The molecule has 15 heavy (non-hydrogen) atoms. The van der Waals surface area contributed by atoms with Crippen LogP contribution in [0.2, 0.25) is 30.3 Å². The van der Waals surface area contributed by atoms with E-state index in [0.29, 0.717) is 10.9 Å². The molecule has 0 spiro atoms. The standard InChI is InChI=1S/C8HCl6N/c9-2-1-3(10)8(14)15-7(1)6(13)5(12)4(2)11/h15H. The van der Waals surface area contributed by atoms with E-state index in [9.17, 15) is 0 Å². The van der Waals surface area contributed by atoms with E-state index in [4.69, 9.17) is 69.6 Å². The molecule has 0 unspecified atom stereocenters. The summed E-state index contributed by atoms with van der Waals surface area (Å²) in [6.07, 6.45) is 0. The number of aromatic nitrogens is 1. The van der Waals surface area contributed by atoms with Gasteiger partial charge in [-0.2, -0.15) is 0 Å². The zero-order valence-electron chi connectivity index (χ0n) is 6.77. The summed E-state index contributed by atoms with van der Waals surface area (Å²) in [6, 6.07) is 0. The molecule has 1 aromatic carbocycles. The number of fused-ring (bicyclic) bond motifs is 1. The van der Waals surface area contributed by atoms with Gasteiger partial charge in [0.2, 0.25) is 0 Å². The number of halogens is 6. The van der Waals surface area contributed by atoms with Gasteiger partial charge in [0, 0.05) is 5.39 Å².